The normalized spacial score (nSPS) is 10.1. The standard InChI is InChI=1S/C12H15ClO2/c1-4-9-5-8(2)6-11(13)10(9)7-12(14)15-3/h5-6H,4,7H2,1-3H3. The average Bonchev–Trinajstić information content (AvgIpc) is 2.21. The Kier molecular flexibility index (Phi) is 4.15. The lowest BCUT2D eigenvalue weighted by atomic mass is 10.00. The zero-order valence-electron chi connectivity index (χ0n) is 9.26. The number of hydrogen-bond donors (Lipinski definition) is 0. The molecule has 0 aromatic heterocycles. The first kappa shape index (κ1) is 12.1. The maximum absolute atomic E-state index is 11.2. The van der Waals surface area contributed by atoms with Gasteiger partial charge in [-0.1, -0.05) is 24.6 Å². The van der Waals surface area contributed by atoms with Crippen LogP contribution in [0.4, 0.5) is 0 Å². The zero-order valence-corrected chi connectivity index (χ0v) is 10.0. The number of esters is 1. The summed E-state index contributed by atoms with van der Waals surface area (Å²) in [4.78, 5) is 11.2. The average molecular weight is 227 g/mol. The summed E-state index contributed by atoms with van der Waals surface area (Å²) in [6, 6.07) is 3.93. The SMILES string of the molecule is CCc1cc(C)cc(Cl)c1CC(=O)OC. The van der Waals surface area contributed by atoms with Crippen molar-refractivity contribution in [1.29, 1.82) is 0 Å². The fraction of sp³-hybridized carbons (Fsp3) is 0.417. The minimum Gasteiger partial charge on any atom is -0.469 e. The molecule has 0 unspecified atom stereocenters. The van der Waals surface area contributed by atoms with Crippen LogP contribution in [0, 0.1) is 6.92 Å². The Morgan fingerprint density at radius 1 is 1.47 bits per heavy atom. The first-order chi connectivity index (χ1) is 7.08. The minimum atomic E-state index is -0.254. The van der Waals surface area contributed by atoms with E-state index in [-0.39, 0.29) is 12.4 Å². The monoisotopic (exact) mass is 226 g/mol. The molecule has 0 fully saturated rings. The second-order valence-corrected chi connectivity index (χ2v) is 3.90. The van der Waals surface area contributed by atoms with Crippen molar-refractivity contribution >= 4 is 17.6 Å². The van der Waals surface area contributed by atoms with Gasteiger partial charge in [-0.05, 0) is 36.1 Å². The first-order valence-electron chi connectivity index (χ1n) is 4.93. The van der Waals surface area contributed by atoms with Crippen LogP contribution < -0.4 is 0 Å². The largest absolute Gasteiger partial charge is 0.469 e. The number of halogens is 1. The Bertz CT molecular complexity index is 372. The van der Waals surface area contributed by atoms with Gasteiger partial charge in [-0.25, -0.2) is 0 Å². The van der Waals surface area contributed by atoms with E-state index in [1.807, 2.05) is 19.9 Å². The van der Waals surface area contributed by atoms with E-state index < -0.39 is 0 Å². The maximum atomic E-state index is 11.2. The minimum absolute atomic E-state index is 0.249. The lowest BCUT2D eigenvalue weighted by Gasteiger charge is -2.10. The van der Waals surface area contributed by atoms with Gasteiger partial charge in [-0.2, -0.15) is 0 Å². The van der Waals surface area contributed by atoms with Gasteiger partial charge < -0.3 is 4.74 Å². The highest BCUT2D eigenvalue weighted by atomic mass is 35.5. The summed E-state index contributed by atoms with van der Waals surface area (Å²) in [5, 5.41) is 0.650. The lowest BCUT2D eigenvalue weighted by Crippen LogP contribution is -2.07. The van der Waals surface area contributed by atoms with Gasteiger partial charge in [-0.3, -0.25) is 4.79 Å². The molecule has 1 aromatic rings. The molecule has 0 atom stereocenters. The highest BCUT2D eigenvalue weighted by Gasteiger charge is 2.11. The molecule has 0 radical (unpaired) electrons. The number of carbonyl (C=O) groups excluding carboxylic acids is 1. The van der Waals surface area contributed by atoms with Crippen LogP contribution >= 0.6 is 11.6 Å². The van der Waals surface area contributed by atoms with Crippen molar-refractivity contribution in [2.75, 3.05) is 7.11 Å². The quantitative estimate of drug-likeness (QED) is 0.741. The highest BCUT2D eigenvalue weighted by molar-refractivity contribution is 6.31. The smallest absolute Gasteiger partial charge is 0.310 e. The van der Waals surface area contributed by atoms with Crippen LogP contribution in [0.2, 0.25) is 5.02 Å². The summed E-state index contributed by atoms with van der Waals surface area (Å²) in [6.07, 6.45) is 1.12. The molecule has 0 saturated heterocycles. The number of aryl methyl sites for hydroxylation is 2. The fourth-order valence-corrected chi connectivity index (χ4v) is 1.93. The van der Waals surface area contributed by atoms with Crippen LogP contribution in [0.15, 0.2) is 12.1 Å². The molecule has 15 heavy (non-hydrogen) atoms. The number of benzene rings is 1. The van der Waals surface area contributed by atoms with Crippen molar-refractivity contribution < 1.29 is 9.53 Å². The van der Waals surface area contributed by atoms with E-state index in [0.29, 0.717) is 5.02 Å². The van der Waals surface area contributed by atoms with Gasteiger partial charge in [-0.15, -0.1) is 0 Å². The van der Waals surface area contributed by atoms with Gasteiger partial charge >= 0.3 is 5.97 Å². The van der Waals surface area contributed by atoms with Gasteiger partial charge in [0.25, 0.3) is 0 Å². The number of methoxy groups -OCH3 is 1. The molecule has 0 N–H and O–H groups in total. The molecule has 0 bridgehead atoms. The molecule has 2 nitrogen and oxygen atoms in total. The molecule has 0 saturated carbocycles. The Morgan fingerprint density at radius 2 is 2.13 bits per heavy atom. The molecular formula is C12H15ClO2. The predicted octanol–water partition coefficient (Wildman–Crippen LogP) is 2.93. The molecular weight excluding hydrogens is 212 g/mol. The first-order valence-corrected chi connectivity index (χ1v) is 5.31. The van der Waals surface area contributed by atoms with E-state index in [1.165, 1.54) is 7.11 Å². The summed E-state index contributed by atoms with van der Waals surface area (Å²) >= 11 is 6.11. The number of hydrogen-bond acceptors (Lipinski definition) is 2. The molecule has 0 amide bonds. The summed E-state index contributed by atoms with van der Waals surface area (Å²) in [5.74, 6) is -0.254. The van der Waals surface area contributed by atoms with Crippen LogP contribution in [0.1, 0.15) is 23.6 Å². The molecule has 1 rings (SSSR count). The van der Waals surface area contributed by atoms with E-state index in [9.17, 15) is 4.79 Å². The second kappa shape index (κ2) is 5.17. The zero-order chi connectivity index (χ0) is 11.4. The summed E-state index contributed by atoms with van der Waals surface area (Å²) in [7, 11) is 1.38. The van der Waals surface area contributed by atoms with Crippen LogP contribution in [0.5, 0.6) is 0 Å². The number of carbonyl (C=O) groups is 1. The summed E-state index contributed by atoms with van der Waals surface area (Å²) < 4.78 is 4.64. The van der Waals surface area contributed by atoms with Gasteiger partial charge in [0.15, 0.2) is 0 Å². The molecule has 1 aromatic carbocycles. The third-order valence-electron chi connectivity index (χ3n) is 2.36. The number of rotatable bonds is 3. The van der Waals surface area contributed by atoms with E-state index in [0.717, 1.165) is 23.1 Å². The van der Waals surface area contributed by atoms with Crippen molar-refractivity contribution in [1.82, 2.24) is 0 Å². The molecule has 0 aliphatic rings. The molecule has 0 aliphatic heterocycles. The Hall–Kier alpha value is -1.02. The van der Waals surface area contributed by atoms with Crippen LogP contribution in [-0.4, -0.2) is 13.1 Å². The van der Waals surface area contributed by atoms with Gasteiger partial charge in [0.1, 0.15) is 0 Å². The third-order valence-corrected chi connectivity index (χ3v) is 2.70. The van der Waals surface area contributed by atoms with E-state index >= 15 is 0 Å². The topological polar surface area (TPSA) is 26.3 Å². The van der Waals surface area contributed by atoms with E-state index in [2.05, 4.69) is 10.8 Å². The van der Waals surface area contributed by atoms with Crippen molar-refractivity contribution in [2.45, 2.75) is 26.7 Å². The van der Waals surface area contributed by atoms with Crippen molar-refractivity contribution in [3.63, 3.8) is 0 Å². The van der Waals surface area contributed by atoms with Gasteiger partial charge in [0.05, 0.1) is 13.5 Å². The van der Waals surface area contributed by atoms with Crippen molar-refractivity contribution in [3.8, 4) is 0 Å². The molecule has 0 heterocycles. The summed E-state index contributed by atoms with van der Waals surface area (Å²) in [5.41, 5.74) is 3.12. The van der Waals surface area contributed by atoms with E-state index in [1.54, 1.807) is 0 Å². The molecule has 0 aliphatic carbocycles. The Labute approximate surface area is 95.2 Å². The fourth-order valence-electron chi connectivity index (χ4n) is 1.57. The number of ether oxygens (including phenoxy) is 1. The van der Waals surface area contributed by atoms with E-state index in [4.69, 9.17) is 11.6 Å². The van der Waals surface area contributed by atoms with Crippen LogP contribution in [0.3, 0.4) is 0 Å². The highest BCUT2D eigenvalue weighted by Crippen LogP contribution is 2.23. The Morgan fingerprint density at radius 3 is 2.67 bits per heavy atom. The van der Waals surface area contributed by atoms with Gasteiger partial charge in [0, 0.05) is 5.02 Å². The maximum Gasteiger partial charge on any atom is 0.310 e. The second-order valence-electron chi connectivity index (χ2n) is 3.49. The molecule has 82 valence electrons. The lowest BCUT2D eigenvalue weighted by molar-refractivity contribution is -0.139. The van der Waals surface area contributed by atoms with Gasteiger partial charge in [0.2, 0.25) is 0 Å². The molecule has 0 spiro atoms. The third kappa shape index (κ3) is 2.96. The predicted molar refractivity (Wildman–Crippen MR) is 61.3 cm³/mol. The molecule has 3 heteroatoms. The Balaban J connectivity index is 3.09. The van der Waals surface area contributed by atoms with Crippen molar-refractivity contribution in [2.24, 2.45) is 0 Å². The van der Waals surface area contributed by atoms with Crippen LogP contribution in [-0.2, 0) is 22.4 Å². The van der Waals surface area contributed by atoms with Crippen molar-refractivity contribution in [3.05, 3.63) is 33.8 Å². The summed E-state index contributed by atoms with van der Waals surface area (Å²) in [6.45, 7) is 4.04. The van der Waals surface area contributed by atoms with Crippen LogP contribution in [0.25, 0.3) is 0 Å².